The number of aryl methyl sites for hydroxylation is 1. The van der Waals surface area contributed by atoms with Gasteiger partial charge in [-0.15, -0.1) is 0 Å². The fourth-order valence-electron chi connectivity index (χ4n) is 2.54. The molecule has 4 rings (SSSR count). The fraction of sp³-hybridized carbons (Fsp3) is 0.0476. The first-order valence-corrected chi connectivity index (χ1v) is 8.11. The minimum atomic E-state index is 0.515. The topological polar surface area (TPSA) is 51.0 Å². The van der Waals surface area contributed by atoms with Crippen molar-refractivity contribution in [2.24, 2.45) is 0 Å². The molecule has 1 aromatic heterocycles. The third-order valence-electron chi connectivity index (χ3n) is 3.93. The van der Waals surface area contributed by atoms with E-state index in [1.807, 2.05) is 54.6 Å². The minimum absolute atomic E-state index is 0.515. The molecule has 4 heteroatoms. The molecule has 25 heavy (non-hydrogen) atoms. The number of rotatable bonds is 4. The van der Waals surface area contributed by atoms with Crippen LogP contribution in [0.25, 0.3) is 22.8 Å². The highest BCUT2D eigenvalue weighted by Crippen LogP contribution is 2.24. The maximum Gasteiger partial charge on any atom is 0.258 e. The Bertz CT molecular complexity index is 958. The zero-order valence-corrected chi connectivity index (χ0v) is 13.8. The van der Waals surface area contributed by atoms with Gasteiger partial charge in [-0.05, 0) is 43.3 Å². The Labute approximate surface area is 146 Å². The maximum absolute atomic E-state index is 5.39. The van der Waals surface area contributed by atoms with Crippen molar-refractivity contribution in [3.05, 3.63) is 84.4 Å². The molecule has 0 aliphatic carbocycles. The molecule has 0 atom stereocenters. The van der Waals surface area contributed by atoms with E-state index in [4.69, 9.17) is 4.52 Å². The van der Waals surface area contributed by atoms with Gasteiger partial charge >= 0.3 is 0 Å². The Balaban J connectivity index is 1.52. The lowest BCUT2D eigenvalue weighted by Crippen LogP contribution is -1.90. The van der Waals surface area contributed by atoms with Crippen LogP contribution in [0.4, 0.5) is 11.4 Å². The van der Waals surface area contributed by atoms with Crippen LogP contribution < -0.4 is 5.32 Å². The molecule has 0 aliphatic rings. The second kappa shape index (κ2) is 6.61. The quantitative estimate of drug-likeness (QED) is 0.541. The lowest BCUT2D eigenvalue weighted by atomic mass is 10.2. The molecule has 1 heterocycles. The van der Waals surface area contributed by atoms with Crippen molar-refractivity contribution in [3.63, 3.8) is 0 Å². The zero-order chi connectivity index (χ0) is 17.1. The van der Waals surface area contributed by atoms with Crippen molar-refractivity contribution in [3.8, 4) is 22.8 Å². The van der Waals surface area contributed by atoms with Gasteiger partial charge in [0.15, 0.2) is 0 Å². The second-order valence-electron chi connectivity index (χ2n) is 5.86. The Hall–Kier alpha value is -3.40. The summed E-state index contributed by atoms with van der Waals surface area (Å²) in [5.74, 6) is 1.11. The molecule has 0 saturated carbocycles. The van der Waals surface area contributed by atoms with Crippen LogP contribution in [0.1, 0.15) is 5.56 Å². The van der Waals surface area contributed by atoms with E-state index < -0.39 is 0 Å². The smallest absolute Gasteiger partial charge is 0.258 e. The highest BCUT2D eigenvalue weighted by molar-refractivity contribution is 5.65. The van der Waals surface area contributed by atoms with E-state index >= 15 is 0 Å². The Kier molecular flexibility index (Phi) is 4.01. The van der Waals surface area contributed by atoms with Gasteiger partial charge in [0.2, 0.25) is 5.82 Å². The van der Waals surface area contributed by atoms with Crippen LogP contribution in [0.3, 0.4) is 0 Å². The Morgan fingerprint density at radius 2 is 1.36 bits per heavy atom. The predicted molar refractivity (Wildman–Crippen MR) is 99.6 cm³/mol. The molecule has 4 nitrogen and oxygen atoms in total. The Morgan fingerprint density at radius 3 is 2.04 bits per heavy atom. The van der Waals surface area contributed by atoms with Gasteiger partial charge in [0.25, 0.3) is 5.89 Å². The summed E-state index contributed by atoms with van der Waals surface area (Å²) in [5, 5.41) is 7.43. The van der Waals surface area contributed by atoms with E-state index in [0.717, 1.165) is 22.5 Å². The molecule has 0 radical (unpaired) electrons. The average Bonchev–Trinajstić information content (AvgIpc) is 3.15. The summed E-state index contributed by atoms with van der Waals surface area (Å²) in [6, 6.07) is 26.0. The predicted octanol–water partition coefficient (Wildman–Crippen LogP) is 5.46. The Morgan fingerprint density at radius 1 is 0.720 bits per heavy atom. The first-order valence-electron chi connectivity index (χ1n) is 8.11. The van der Waals surface area contributed by atoms with Gasteiger partial charge in [0.05, 0.1) is 0 Å². The van der Waals surface area contributed by atoms with Crippen LogP contribution in [0.15, 0.2) is 83.4 Å². The molecule has 0 amide bonds. The molecule has 122 valence electrons. The summed E-state index contributed by atoms with van der Waals surface area (Å²) in [7, 11) is 0. The standard InChI is InChI=1S/C21H17N3O/c1-15-7-11-18(12-8-15)22-19-13-9-17(10-14-19)21-23-20(24-25-21)16-5-3-2-4-6-16/h2-14,22H,1H3. The SMILES string of the molecule is Cc1ccc(Nc2ccc(-c3nc(-c4ccccc4)no3)cc2)cc1. The van der Waals surface area contributed by atoms with E-state index in [1.54, 1.807) is 0 Å². The van der Waals surface area contributed by atoms with Gasteiger partial charge in [-0.1, -0.05) is 53.2 Å². The molecule has 0 fully saturated rings. The maximum atomic E-state index is 5.39. The van der Waals surface area contributed by atoms with Gasteiger partial charge in [-0.2, -0.15) is 4.98 Å². The molecule has 0 unspecified atom stereocenters. The average molecular weight is 327 g/mol. The summed E-state index contributed by atoms with van der Waals surface area (Å²) in [6.07, 6.45) is 0. The number of nitrogens with one attached hydrogen (secondary N) is 1. The summed E-state index contributed by atoms with van der Waals surface area (Å²) in [5.41, 5.74) is 5.14. The molecular formula is C21H17N3O. The number of nitrogens with zero attached hydrogens (tertiary/aromatic N) is 2. The van der Waals surface area contributed by atoms with Crippen molar-refractivity contribution in [1.29, 1.82) is 0 Å². The van der Waals surface area contributed by atoms with Crippen molar-refractivity contribution in [2.45, 2.75) is 6.92 Å². The largest absolute Gasteiger partial charge is 0.356 e. The lowest BCUT2D eigenvalue weighted by molar-refractivity contribution is 0.432. The molecule has 4 aromatic rings. The van der Waals surface area contributed by atoms with Crippen molar-refractivity contribution >= 4 is 11.4 Å². The molecule has 3 aromatic carbocycles. The summed E-state index contributed by atoms with van der Waals surface area (Å²) >= 11 is 0. The van der Waals surface area contributed by atoms with E-state index in [9.17, 15) is 0 Å². The minimum Gasteiger partial charge on any atom is -0.356 e. The number of hydrogen-bond donors (Lipinski definition) is 1. The molecule has 0 spiro atoms. The summed E-state index contributed by atoms with van der Waals surface area (Å²) in [6.45, 7) is 2.08. The third kappa shape index (κ3) is 3.43. The van der Waals surface area contributed by atoms with Gasteiger partial charge < -0.3 is 9.84 Å². The zero-order valence-electron chi connectivity index (χ0n) is 13.8. The third-order valence-corrected chi connectivity index (χ3v) is 3.93. The van der Waals surface area contributed by atoms with E-state index in [0.29, 0.717) is 11.7 Å². The molecular weight excluding hydrogens is 310 g/mol. The molecule has 0 bridgehead atoms. The first kappa shape index (κ1) is 15.1. The van der Waals surface area contributed by atoms with Crippen LogP contribution in [0.5, 0.6) is 0 Å². The van der Waals surface area contributed by atoms with E-state index in [1.165, 1.54) is 5.56 Å². The van der Waals surface area contributed by atoms with Crippen LogP contribution in [-0.2, 0) is 0 Å². The van der Waals surface area contributed by atoms with Gasteiger partial charge in [-0.3, -0.25) is 0 Å². The number of anilines is 2. The van der Waals surface area contributed by atoms with Gasteiger partial charge in [0.1, 0.15) is 0 Å². The van der Waals surface area contributed by atoms with Crippen LogP contribution in [0.2, 0.25) is 0 Å². The number of benzene rings is 3. The highest BCUT2D eigenvalue weighted by Gasteiger charge is 2.10. The fourth-order valence-corrected chi connectivity index (χ4v) is 2.54. The van der Waals surface area contributed by atoms with Crippen molar-refractivity contribution in [1.82, 2.24) is 10.1 Å². The van der Waals surface area contributed by atoms with Crippen LogP contribution in [0, 0.1) is 6.92 Å². The molecule has 0 saturated heterocycles. The monoisotopic (exact) mass is 327 g/mol. The van der Waals surface area contributed by atoms with Gasteiger partial charge in [-0.25, -0.2) is 0 Å². The van der Waals surface area contributed by atoms with Gasteiger partial charge in [0, 0.05) is 22.5 Å². The van der Waals surface area contributed by atoms with E-state index in [-0.39, 0.29) is 0 Å². The lowest BCUT2D eigenvalue weighted by Gasteiger charge is -2.07. The first-order chi connectivity index (χ1) is 12.3. The van der Waals surface area contributed by atoms with E-state index in [2.05, 4.69) is 46.6 Å². The summed E-state index contributed by atoms with van der Waals surface area (Å²) in [4.78, 5) is 4.48. The molecule has 1 N–H and O–H groups in total. The number of aromatic nitrogens is 2. The second-order valence-corrected chi connectivity index (χ2v) is 5.86. The summed E-state index contributed by atoms with van der Waals surface area (Å²) < 4.78 is 5.39. The normalized spacial score (nSPS) is 10.6. The van der Waals surface area contributed by atoms with Crippen LogP contribution >= 0.6 is 0 Å². The number of hydrogen-bond acceptors (Lipinski definition) is 4. The van der Waals surface area contributed by atoms with Crippen molar-refractivity contribution < 1.29 is 4.52 Å². The highest BCUT2D eigenvalue weighted by atomic mass is 16.5. The molecule has 0 aliphatic heterocycles. The van der Waals surface area contributed by atoms with Crippen LogP contribution in [-0.4, -0.2) is 10.1 Å². The van der Waals surface area contributed by atoms with Crippen molar-refractivity contribution in [2.75, 3.05) is 5.32 Å².